The Hall–Kier alpha value is -3.08. The van der Waals surface area contributed by atoms with Crippen molar-refractivity contribution in [2.75, 3.05) is 0 Å². The second kappa shape index (κ2) is 5.73. The summed E-state index contributed by atoms with van der Waals surface area (Å²) in [6, 6.07) is 13.7. The second-order valence-corrected chi connectivity index (χ2v) is 4.82. The van der Waals surface area contributed by atoms with Crippen LogP contribution in [0.1, 0.15) is 17.9 Å². The highest BCUT2D eigenvalue weighted by atomic mass is 16.4. The van der Waals surface area contributed by atoms with E-state index in [1.54, 1.807) is 30.3 Å². The zero-order valence-corrected chi connectivity index (χ0v) is 11.6. The van der Waals surface area contributed by atoms with Crippen LogP contribution in [0, 0.1) is 0 Å². The molecule has 0 radical (unpaired) electrons. The lowest BCUT2D eigenvalue weighted by Gasteiger charge is -2.01. The van der Waals surface area contributed by atoms with Crippen LogP contribution in [0.4, 0.5) is 0 Å². The van der Waals surface area contributed by atoms with Gasteiger partial charge in [-0.1, -0.05) is 24.3 Å². The van der Waals surface area contributed by atoms with Crippen LogP contribution in [0.15, 0.2) is 52.9 Å². The molecule has 1 aromatic heterocycles. The van der Waals surface area contributed by atoms with E-state index < -0.39 is 5.97 Å². The highest BCUT2D eigenvalue weighted by Crippen LogP contribution is 2.25. The Bertz CT molecular complexity index is 813. The fourth-order valence-corrected chi connectivity index (χ4v) is 2.13. The number of carboxylic acids is 1. The molecule has 0 unspecified atom stereocenters. The molecule has 0 fully saturated rings. The number of fused-ring (bicyclic) bond motifs is 1. The number of hydrogen-bond acceptors (Lipinski definition) is 4. The Morgan fingerprint density at radius 3 is 2.55 bits per heavy atom. The van der Waals surface area contributed by atoms with E-state index in [2.05, 4.69) is 4.98 Å². The monoisotopic (exact) mass is 295 g/mol. The molecule has 0 saturated carbocycles. The summed E-state index contributed by atoms with van der Waals surface area (Å²) >= 11 is 0. The molecule has 0 bridgehead atoms. The molecule has 22 heavy (non-hydrogen) atoms. The average molecular weight is 295 g/mol. The highest BCUT2D eigenvalue weighted by molar-refractivity contribution is 5.90. The first-order chi connectivity index (χ1) is 10.6. The maximum atomic E-state index is 11.1. The number of rotatable bonds is 4. The van der Waals surface area contributed by atoms with Gasteiger partial charge in [-0.05, 0) is 35.9 Å². The van der Waals surface area contributed by atoms with Gasteiger partial charge in [0.25, 0.3) is 0 Å². The van der Waals surface area contributed by atoms with Crippen LogP contribution in [-0.2, 0) is 4.79 Å². The lowest BCUT2D eigenvalue weighted by atomic mass is 10.1. The Balaban J connectivity index is 2.05. The summed E-state index contributed by atoms with van der Waals surface area (Å²) in [5, 5.41) is 18.4. The van der Waals surface area contributed by atoms with Crippen LogP contribution < -0.4 is 0 Å². The summed E-state index contributed by atoms with van der Waals surface area (Å²) in [5.41, 5.74) is 2.52. The van der Waals surface area contributed by atoms with Crippen molar-refractivity contribution in [2.24, 2.45) is 0 Å². The van der Waals surface area contributed by atoms with Crippen molar-refractivity contribution in [3.05, 3.63) is 60.0 Å². The van der Waals surface area contributed by atoms with Crippen molar-refractivity contribution < 1.29 is 19.4 Å². The van der Waals surface area contributed by atoms with Gasteiger partial charge in [0.1, 0.15) is 11.3 Å². The number of oxazole rings is 1. The Kier molecular flexibility index (Phi) is 3.62. The first-order valence-electron chi connectivity index (χ1n) is 6.69. The van der Waals surface area contributed by atoms with Gasteiger partial charge in [0.2, 0.25) is 5.89 Å². The lowest BCUT2D eigenvalue weighted by molar-refractivity contribution is -0.135. The highest BCUT2D eigenvalue weighted by Gasteiger charge is 2.14. The van der Waals surface area contributed by atoms with Crippen LogP contribution in [-0.4, -0.2) is 21.2 Å². The topological polar surface area (TPSA) is 83.6 Å². The third kappa shape index (κ3) is 2.98. The van der Waals surface area contributed by atoms with E-state index in [1.807, 2.05) is 12.1 Å². The van der Waals surface area contributed by atoms with E-state index in [1.165, 1.54) is 12.1 Å². The average Bonchev–Trinajstić information content (AvgIpc) is 2.92. The smallest absolute Gasteiger partial charge is 0.308 e. The van der Waals surface area contributed by atoms with Crippen molar-refractivity contribution >= 4 is 28.7 Å². The van der Waals surface area contributed by atoms with Crippen molar-refractivity contribution in [1.82, 2.24) is 4.98 Å². The molecule has 0 amide bonds. The molecular formula is C17H13NO4. The SMILES string of the molecule is O=C(O)C/C(=C\c1ccc(O)cc1)c1nc2ccccc2o1. The minimum absolute atomic E-state index is 0.152. The lowest BCUT2D eigenvalue weighted by Crippen LogP contribution is -1.97. The maximum Gasteiger partial charge on any atom is 0.308 e. The molecule has 2 aromatic carbocycles. The summed E-state index contributed by atoms with van der Waals surface area (Å²) in [7, 11) is 0. The van der Waals surface area contributed by atoms with E-state index in [-0.39, 0.29) is 18.1 Å². The maximum absolute atomic E-state index is 11.1. The number of aromatic hydroxyl groups is 1. The largest absolute Gasteiger partial charge is 0.508 e. The first-order valence-corrected chi connectivity index (χ1v) is 6.69. The van der Waals surface area contributed by atoms with Gasteiger partial charge < -0.3 is 14.6 Å². The van der Waals surface area contributed by atoms with Crippen molar-refractivity contribution in [3.63, 3.8) is 0 Å². The van der Waals surface area contributed by atoms with Gasteiger partial charge in [-0.15, -0.1) is 0 Å². The molecule has 0 saturated heterocycles. The third-order valence-corrected chi connectivity index (χ3v) is 3.14. The van der Waals surface area contributed by atoms with Gasteiger partial charge in [-0.2, -0.15) is 0 Å². The Morgan fingerprint density at radius 2 is 1.86 bits per heavy atom. The molecule has 5 nitrogen and oxygen atoms in total. The minimum Gasteiger partial charge on any atom is -0.508 e. The number of aromatic nitrogens is 1. The molecule has 5 heteroatoms. The van der Waals surface area contributed by atoms with Crippen molar-refractivity contribution in [1.29, 1.82) is 0 Å². The van der Waals surface area contributed by atoms with Gasteiger partial charge in [0.05, 0.1) is 6.42 Å². The Morgan fingerprint density at radius 1 is 1.14 bits per heavy atom. The van der Waals surface area contributed by atoms with E-state index in [0.29, 0.717) is 16.7 Å². The number of carbonyl (C=O) groups is 1. The van der Waals surface area contributed by atoms with E-state index in [0.717, 1.165) is 5.56 Å². The minimum atomic E-state index is -0.965. The third-order valence-electron chi connectivity index (χ3n) is 3.14. The molecule has 2 N–H and O–H groups in total. The number of benzene rings is 2. The van der Waals surface area contributed by atoms with E-state index >= 15 is 0 Å². The van der Waals surface area contributed by atoms with Gasteiger partial charge in [0.15, 0.2) is 5.58 Å². The summed E-state index contributed by atoms with van der Waals surface area (Å²) in [4.78, 5) is 15.4. The van der Waals surface area contributed by atoms with Crippen LogP contribution in [0.25, 0.3) is 22.7 Å². The fourth-order valence-electron chi connectivity index (χ4n) is 2.13. The van der Waals surface area contributed by atoms with Crippen LogP contribution >= 0.6 is 0 Å². The van der Waals surface area contributed by atoms with Gasteiger partial charge in [0, 0.05) is 5.57 Å². The number of nitrogens with zero attached hydrogens (tertiary/aromatic N) is 1. The normalized spacial score (nSPS) is 11.7. The van der Waals surface area contributed by atoms with Crippen molar-refractivity contribution in [2.45, 2.75) is 6.42 Å². The van der Waals surface area contributed by atoms with Gasteiger partial charge in [-0.25, -0.2) is 4.98 Å². The second-order valence-electron chi connectivity index (χ2n) is 4.82. The number of para-hydroxylation sites is 2. The molecule has 0 spiro atoms. The van der Waals surface area contributed by atoms with Gasteiger partial charge >= 0.3 is 5.97 Å². The molecule has 110 valence electrons. The standard InChI is InChI=1S/C17H13NO4/c19-13-7-5-11(6-8-13)9-12(10-16(20)21)17-18-14-3-1-2-4-15(14)22-17/h1-9,19H,10H2,(H,20,21)/b12-9+. The van der Waals surface area contributed by atoms with Crippen LogP contribution in [0.3, 0.4) is 0 Å². The molecule has 0 aliphatic heterocycles. The molecule has 0 aliphatic rings. The van der Waals surface area contributed by atoms with E-state index in [9.17, 15) is 9.90 Å². The number of carboxylic acid groups (broad SMARTS) is 1. The van der Waals surface area contributed by atoms with Crippen LogP contribution in [0.5, 0.6) is 5.75 Å². The molecule has 1 heterocycles. The molecule has 0 aliphatic carbocycles. The van der Waals surface area contributed by atoms with Crippen LogP contribution in [0.2, 0.25) is 0 Å². The summed E-state index contributed by atoms with van der Waals surface area (Å²) in [6.45, 7) is 0. The predicted molar refractivity (Wildman–Crippen MR) is 82.2 cm³/mol. The number of aliphatic carboxylic acids is 1. The van der Waals surface area contributed by atoms with Crippen molar-refractivity contribution in [3.8, 4) is 5.75 Å². The molecular weight excluding hydrogens is 282 g/mol. The summed E-state index contributed by atoms with van der Waals surface area (Å²) in [6.07, 6.45) is 1.49. The molecule has 3 aromatic rings. The molecule has 0 atom stereocenters. The predicted octanol–water partition coefficient (Wildman–Crippen LogP) is 3.55. The number of phenols is 1. The summed E-state index contributed by atoms with van der Waals surface area (Å²) < 4.78 is 5.63. The Labute approximate surface area is 126 Å². The number of phenolic OH excluding ortho intramolecular Hbond substituents is 1. The number of hydrogen-bond donors (Lipinski definition) is 2. The zero-order chi connectivity index (χ0) is 15.5. The van der Waals surface area contributed by atoms with E-state index in [4.69, 9.17) is 9.52 Å². The molecule has 3 rings (SSSR count). The summed E-state index contributed by atoms with van der Waals surface area (Å²) in [5.74, 6) is -0.525. The fraction of sp³-hybridized carbons (Fsp3) is 0.0588. The first kappa shape index (κ1) is 13.9. The quantitative estimate of drug-likeness (QED) is 0.769. The van der Waals surface area contributed by atoms with Gasteiger partial charge in [-0.3, -0.25) is 4.79 Å². The zero-order valence-electron chi connectivity index (χ0n) is 11.6.